The van der Waals surface area contributed by atoms with Gasteiger partial charge in [-0.3, -0.25) is 4.79 Å². The number of primary sulfonamides is 1. The zero-order chi connectivity index (χ0) is 15.1. The summed E-state index contributed by atoms with van der Waals surface area (Å²) in [5.41, 5.74) is 9.15. The first-order chi connectivity index (χ1) is 9.17. The Hall–Kier alpha value is -1.60. The lowest BCUT2D eigenvalue weighted by molar-refractivity contribution is -0.117. The Bertz CT molecular complexity index is 632. The molecular weight excluding hydrogens is 278 g/mol. The zero-order valence-corrected chi connectivity index (χ0v) is 12.4. The van der Waals surface area contributed by atoms with E-state index in [0.717, 1.165) is 11.1 Å². The van der Waals surface area contributed by atoms with Crippen LogP contribution in [0, 0.1) is 19.8 Å². The molecule has 1 atom stereocenters. The highest BCUT2D eigenvalue weighted by Crippen LogP contribution is 2.33. The van der Waals surface area contributed by atoms with Gasteiger partial charge in [0.25, 0.3) is 0 Å². The summed E-state index contributed by atoms with van der Waals surface area (Å²) in [6.45, 7) is 4.16. The number of nitrogens with zero attached hydrogens (tertiary/aromatic N) is 1. The van der Waals surface area contributed by atoms with Gasteiger partial charge in [-0.25, -0.2) is 13.6 Å². The topological polar surface area (TPSA) is 106 Å². The fourth-order valence-corrected chi connectivity index (χ4v) is 3.68. The molecule has 110 valence electrons. The van der Waals surface area contributed by atoms with Crippen LogP contribution in [0.2, 0.25) is 0 Å². The average molecular weight is 297 g/mol. The van der Waals surface area contributed by atoms with Crippen molar-refractivity contribution in [2.45, 2.75) is 20.3 Å². The SMILES string of the molecule is Cc1cc(C)c(N2CC(CS(N)(=O)=O)CC2=O)c(N)c1. The van der Waals surface area contributed by atoms with Crippen molar-refractivity contribution >= 4 is 27.3 Å². The fourth-order valence-electron chi connectivity index (χ4n) is 2.80. The molecule has 0 aromatic heterocycles. The summed E-state index contributed by atoms with van der Waals surface area (Å²) in [4.78, 5) is 13.7. The molecule has 1 fully saturated rings. The molecule has 20 heavy (non-hydrogen) atoms. The Morgan fingerprint density at radius 2 is 2.00 bits per heavy atom. The minimum Gasteiger partial charge on any atom is -0.397 e. The highest BCUT2D eigenvalue weighted by Gasteiger charge is 2.34. The third-order valence-electron chi connectivity index (χ3n) is 3.42. The van der Waals surface area contributed by atoms with Crippen LogP contribution in [0.4, 0.5) is 11.4 Å². The molecule has 1 aliphatic heterocycles. The van der Waals surface area contributed by atoms with Crippen LogP contribution in [-0.2, 0) is 14.8 Å². The highest BCUT2D eigenvalue weighted by molar-refractivity contribution is 7.89. The molecule has 7 heteroatoms. The fraction of sp³-hybridized carbons (Fsp3) is 0.462. The van der Waals surface area contributed by atoms with E-state index in [1.54, 1.807) is 4.90 Å². The lowest BCUT2D eigenvalue weighted by Gasteiger charge is -2.21. The number of benzene rings is 1. The minimum absolute atomic E-state index is 0.114. The van der Waals surface area contributed by atoms with Crippen molar-refractivity contribution < 1.29 is 13.2 Å². The maximum absolute atomic E-state index is 12.1. The summed E-state index contributed by atoms with van der Waals surface area (Å²) in [5, 5.41) is 5.04. The Balaban J connectivity index is 2.29. The molecule has 0 radical (unpaired) electrons. The summed E-state index contributed by atoms with van der Waals surface area (Å²) < 4.78 is 22.3. The highest BCUT2D eigenvalue weighted by atomic mass is 32.2. The lowest BCUT2D eigenvalue weighted by Crippen LogP contribution is -2.28. The number of hydrogen-bond donors (Lipinski definition) is 2. The number of carbonyl (C=O) groups excluding carboxylic acids is 1. The molecule has 2 rings (SSSR count). The van der Waals surface area contributed by atoms with Gasteiger partial charge in [0.05, 0.1) is 17.1 Å². The van der Waals surface area contributed by atoms with Gasteiger partial charge in [0.1, 0.15) is 0 Å². The quantitative estimate of drug-likeness (QED) is 0.793. The Kier molecular flexibility index (Phi) is 3.75. The van der Waals surface area contributed by atoms with Gasteiger partial charge in [0.2, 0.25) is 15.9 Å². The van der Waals surface area contributed by atoms with Crippen molar-refractivity contribution in [1.29, 1.82) is 0 Å². The summed E-state index contributed by atoms with van der Waals surface area (Å²) in [6, 6.07) is 3.76. The average Bonchev–Trinajstić information content (AvgIpc) is 2.55. The van der Waals surface area contributed by atoms with Crippen LogP contribution in [0.5, 0.6) is 0 Å². The Morgan fingerprint density at radius 3 is 2.55 bits per heavy atom. The Morgan fingerprint density at radius 1 is 1.35 bits per heavy atom. The first kappa shape index (κ1) is 14.8. The maximum Gasteiger partial charge on any atom is 0.227 e. The van der Waals surface area contributed by atoms with Crippen LogP contribution in [0.3, 0.4) is 0 Å². The van der Waals surface area contributed by atoms with E-state index in [1.807, 2.05) is 26.0 Å². The monoisotopic (exact) mass is 297 g/mol. The molecule has 1 saturated heterocycles. The summed E-state index contributed by atoms with van der Waals surface area (Å²) in [6.07, 6.45) is 0.184. The number of sulfonamides is 1. The van der Waals surface area contributed by atoms with E-state index in [9.17, 15) is 13.2 Å². The Labute approximate surface area is 118 Å². The molecular formula is C13H19N3O3S. The first-order valence-corrected chi connectivity index (χ1v) is 8.06. The van der Waals surface area contributed by atoms with Gasteiger partial charge in [-0.05, 0) is 31.0 Å². The molecule has 1 heterocycles. The summed E-state index contributed by atoms with van der Waals surface area (Å²) in [5.74, 6) is -0.574. The number of nitrogens with two attached hydrogens (primary N) is 2. The van der Waals surface area contributed by atoms with E-state index in [4.69, 9.17) is 10.9 Å². The second-order valence-electron chi connectivity index (χ2n) is 5.42. The van der Waals surface area contributed by atoms with Gasteiger partial charge in [0, 0.05) is 18.9 Å². The molecule has 0 spiro atoms. The molecule has 6 nitrogen and oxygen atoms in total. The first-order valence-electron chi connectivity index (χ1n) is 6.35. The predicted molar refractivity (Wildman–Crippen MR) is 78.8 cm³/mol. The standard InChI is InChI=1S/C13H19N3O3S/c1-8-3-9(2)13(11(14)4-8)16-6-10(5-12(16)17)7-20(15,18)19/h3-4,10H,5-7,14H2,1-2H3,(H2,15,18,19). The maximum atomic E-state index is 12.1. The number of rotatable bonds is 3. The number of anilines is 2. The zero-order valence-electron chi connectivity index (χ0n) is 11.6. The molecule has 0 aliphatic carbocycles. The molecule has 1 aliphatic rings. The number of carbonyl (C=O) groups is 1. The normalized spacial score (nSPS) is 19.6. The molecule has 1 aromatic carbocycles. The number of aryl methyl sites for hydroxylation is 2. The van der Waals surface area contributed by atoms with Crippen LogP contribution in [0.1, 0.15) is 17.5 Å². The predicted octanol–water partition coefficient (Wildman–Crippen LogP) is 0.527. The summed E-state index contributed by atoms with van der Waals surface area (Å²) >= 11 is 0. The van der Waals surface area contributed by atoms with Gasteiger partial charge in [0.15, 0.2) is 0 Å². The van der Waals surface area contributed by atoms with Crippen molar-refractivity contribution in [1.82, 2.24) is 0 Å². The van der Waals surface area contributed by atoms with E-state index >= 15 is 0 Å². The number of hydrogen-bond acceptors (Lipinski definition) is 4. The third kappa shape index (κ3) is 3.10. The van der Waals surface area contributed by atoms with Gasteiger partial charge >= 0.3 is 0 Å². The van der Waals surface area contributed by atoms with Gasteiger partial charge in [-0.2, -0.15) is 0 Å². The van der Waals surface area contributed by atoms with Crippen molar-refractivity contribution in [3.63, 3.8) is 0 Å². The summed E-state index contributed by atoms with van der Waals surface area (Å²) in [7, 11) is -3.57. The van der Waals surface area contributed by atoms with E-state index in [0.29, 0.717) is 17.9 Å². The molecule has 4 N–H and O–H groups in total. The van der Waals surface area contributed by atoms with Crippen LogP contribution in [-0.4, -0.2) is 26.6 Å². The van der Waals surface area contributed by atoms with Crippen molar-refractivity contribution in [2.24, 2.45) is 11.1 Å². The van der Waals surface area contributed by atoms with E-state index in [1.165, 1.54) is 0 Å². The molecule has 1 unspecified atom stereocenters. The van der Waals surface area contributed by atoms with Crippen LogP contribution in [0.15, 0.2) is 12.1 Å². The van der Waals surface area contributed by atoms with Crippen molar-refractivity contribution in [3.8, 4) is 0 Å². The largest absolute Gasteiger partial charge is 0.397 e. The lowest BCUT2D eigenvalue weighted by atomic mass is 10.1. The van der Waals surface area contributed by atoms with Gasteiger partial charge < -0.3 is 10.6 Å². The van der Waals surface area contributed by atoms with Crippen molar-refractivity contribution in [3.05, 3.63) is 23.3 Å². The molecule has 0 saturated carbocycles. The van der Waals surface area contributed by atoms with Crippen LogP contribution >= 0.6 is 0 Å². The van der Waals surface area contributed by atoms with Gasteiger partial charge in [-0.15, -0.1) is 0 Å². The number of amides is 1. The third-order valence-corrected chi connectivity index (χ3v) is 4.35. The van der Waals surface area contributed by atoms with Gasteiger partial charge in [-0.1, -0.05) is 6.07 Å². The number of nitrogen functional groups attached to an aromatic ring is 1. The van der Waals surface area contributed by atoms with E-state index < -0.39 is 10.0 Å². The smallest absolute Gasteiger partial charge is 0.227 e. The van der Waals surface area contributed by atoms with E-state index in [-0.39, 0.29) is 24.0 Å². The second-order valence-corrected chi connectivity index (χ2v) is 7.08. The molecule has 1 aromatic rings. The molecule has 0 bridgehead atoms. The molecule has 1 amide bonds. The van der Waals surface area contributed by atoms with Crippen LogP contribution < -0.4 is 15.8 Å². The second kappa shape index (κ2) is 5.06. The van der Waals surface area contributed by atoms with Crippen LogP contribution in [0.25, 0.3) is 0 Å². The van der Waals surface area contributed by atoms with Crippen molar-refractivity contribution in [2.75, 3.05) is 22.9 Å². The minimum atomic E-state index is -3.57. The van der Waals surface area contributed by atoms with E-state index in [2.05, 4.69) is 0 Å².